The molecule has 0 radical (unpaired) electrons. The Balaban J connectivity index is 1.74. The molecule has 1 fully saturated rings. The predicted octanol–water partition coefficient (Wildman–Crippen LogP) is 4.18. The first-order chi connectivity index (χ1) is 10.7. The van der Waals surface area contributed by atoms with Crippen LogP contribution in [-0.2, 0) is 0 Å². The molecule has 1 aromatic carbocycles. The lowest BCUT2D eigenvalue weighted by molar-refractivity contribution is 0.855. The number of anilines is 1. The number of aromatic nitrogens is 3. The normalized spacial score (nSPS) is 14.5. The molecule has 1 N–H and O–H groups in total. The third-order valence-electron chi connectivity index (χ3n) is 3.96. The number of aryl methyl sites for hydroxylation is 1. The fourth-order valence-corrected chi connectivity index (χ4v) is 2.68. The van der Waals surface area contributed by atoms with Gasteiger partial charge in [-0.25, -0.2) is 4.98 Å². The first-order valence-corrected chi connectivity index (χ1v) is 7.94. The summed E-state index contributed by atoms with van der Waals surface area (Å²) >= 11 is 5.95. The van der Waals surface area contributed by atoms with E-state index >= 15 is 0 Å². The van der Waals surface area contributed by atoms with E-state index in [1.54, 1.807) is 0 Å². The minimum atomic E-state index is 0.730. The van der Waals surface area contributed by atoms with Crippen LogP contribution in [0, 0.1) is 12.8 Å². The van der Waals surface area contributed by atoms with E-state index in [2.05, 4.69) is 10.3 Å². The second-order valence-corrected chi connectivity index (χ2v) is 6.35. The van der Waals surface area contributed by atoms with Gasteiger partial charge in [0.2, 0.25) is 0 Å². The van der Waals surface area contributed by atoms with Crippen LogP contribution in [0.2, 0.25) is 5.02 Å². The summed E-state index contributed by atoms with van der Waals surface area (Å²) in [5.41, 5.74) is 3.81. The summed E-state index contributed by atoms with van der Waals surface area (Å²) < 4.78 is 1.89. The van der Waals surface area contributed by atoms with Gasteiger partial charge in [-0.05, 0) is 37.8 Å². The number of fused-ring (bicyclic) bond motifs is 1. The summed E-state index contributed by atoms with van der Waals surface area (Å²) in [5.74, 6) is 1.82. The van der Waals surface area contributed by atoms with Crippen molar-refractivity contribution in [1.29, 1.82) is 0 Å². The van der Waals surface area contributed by atoms with Crippen molar-refractivity contribution < 1.29 is 0 Å². The molecular formula is C17H17ClN4. The van der Waals surface area contributed by atoms with Gasteiger partial charge in [-0.3, -0.25) is 0 Å². The highest BCUT2D eigenvalue weighted by molar-refractivity contribution is 6.30. The summed E-state index contributed by atoms with van der Waals surface area (Å²) in [4.78, 5) is 4.58. The monoisotopic (exact) mass is 312 g/mol. The molecular weight excluding hydrogens is 296 g/mol. The van der Waals surface area contributed by atoms with E-state index in [1.165, 1.54) is 12.8 Å². The Labute approximate surface area is 134 Å². The maximum Gasteiger partial charge on any atom is 0.158 e. The van der Waals surface area contributed by atoms with E-state index in [1.807, 2.05) is 47.8 Å². The first kappa shape index (κ1) is 13.6. The van der Waals surface area contributed by atoms with E-state index in [4.69, 9.17) is 16.7 Å². The van der Waals surface area contributed by atoms with Crippen molar-refractivity contribution in [2.45, 2.75) is 19.8 Å². The second kappa shape index (κ2) is 5.29. The van der Waals surface area contributed by atoms with E-state index in [0.717, 1.165) is 45.9 Å². The molecule has 1 aliphatic carbocycles. The molecule has 0 amide bonds. The van der Waals surface area contributed by atoms with Crippen LogP contribution in [0.25, 0.3) is 16.9 Å². The van der Waals surface area contributed by atoms with Crippen molar-refractivity contribution in [2.75, 3.05) is 11.9 Å². The molecule has 0 aliphatic heterocycles. The van der Waals surface area contributed by atoms with E-state index in [-0.39, 0.29) is 0 Å². The molecule has 1 saturated carbocycles. The topological polar surface area (TPSA) is 42.2 Å². The number of halogens is 1. The Morgan fingerprint density at radius 3 is 2.73 bits per heavy atom. The number of benzene rings is 1. The van der Waals surface area contributed by atoms with Crippen LogP contribution in [0.15, 0.2) is 36.4 Å². The standard InChI is InChI=1S/C17H17ClN4/c1-11-8-16(19-10-12-2-3-12)22-17(20-11)9-15(21-22)13-4-6-14(18)7-5-13/h4-9,12,19H,2-3,10H2,1H3. The molecule has 3 aromatic rings. The van der Waals surface area contributed by atoms with Gasteiger partial charge in [0, 0.05) is 35.0 Å². The number of hydrogen-bond donors (Lipinski definition) is 1. The molecule has 112 valence electrons. The number of nitrogens with one attached hydrogen (secondary N) is 1. The van der Waals surface area contributed by atoms with Gasteiger partial charge >= 0.3 is 0 Å². The Morgan fingerprint density at radius 1 is 1.23 bits per heavy atom. The number of rotatable bonds is 4. The molecule has 2 aromatic heterocycles. The zero-order valence-corrected chi connectivity index (χ0v) is 13.1. The molecule has 0 bridgehead atoms. The molecule has 4 nitrogen and oxygen atoms in total. The van der Waals surface area contributed by atoms with Crippen molar-refractivity contribution in [2.24, 2.45) is 5.92 Å². The van der Waals surface area contributed by atoms with Gasteiger partial charge < -0.3 is 5.32 Å². The zero-order valence-electron chi connectivity index (χ0n) is 12.4. The average molecular weight is 313 g/mol. The summed E-state index contributed by atoms with van der Waals surface area (Å²) in [7, 11) is 0. The summed E-state index contributed by atoms with van der Waals surface area (Å²) in [5, 5.41) is 8.93. The lowest BCUT2D eigenvalue weighted by Crippen LogP contribution is -2.09. The Morgan fingerprint density at radius 2 is 2.00 bits per heavy atom. The zero-order chi connectivity index (χ0) is 15.1. The third kappa shape index (κ3) is 2.66. The van der Waals surface area contributed by atoms with Gasteiger partial charge in [-0.15, -0.1) is 0 Å². The SMILES string of the molecule is Cc1cc(NCC2CC2)n2nc(-c3ccc(Cl)cc3)cc2n1. The fourth-order valence-electron chi connectivity index (χ4n) is 2.56. The molecule has 0 saturated heterocycles. The molecule has 2 heterocycles. The van der Waals surface area contributed by atoms with Crippen molar-refractivity contribution in [3.8, 4) is 11.3 Å². The molecule has 0 atom stereocenters. The fraction of sp³-hybridized carbons (Fsp3) is 0.294. The van der Waals surface area contributed by atoms with Gasteiger partial charge in [0.1, 0.15) is 5.82 Å². The maximum absolute atomic E-state index is 5.95. The molecule has 1 aliphatic rings. The largest absolute Gasteiger partial charge is 0.370 e. The summed E-state index contributed by atoms with van der Waals surface area (Å²) in [6, 6.07) is 11.8. The van der Waals surface area contributed by atoms with Crippen molar-refractivity contribution in [3.05, 3.63) is 47.1 Å². The van der Waals surface area contributed by atoms with Crippen LogP contribution < -0.4 is 5.32 Å². The third-order valence-corrected chi connectivity index (χ3v) is 4.22. The van der Waals surface area contributed by atoms with E-state index in [0.29, 0.717) is 0 Å². The minimum absolute atomic E-state index is 0.730. The Kier molecular flexibility index (Phi) is 3.26. The Hall–Kier alpha value is -2.07. The smallest absolute Gasteiger partial charge is 0.158 e. The van der Waals surface area contributed by atoms with Crippen LogP contribution in [-0.4, -0.2) is 21.1 Å². The maximum atomic E-state index is 5.95. The second-order valence-electron chi connectivity index (χ2n) is 5.91. The highest BCUT2D eigenvalue weighted by Crippen LogP contribution is 2.29. The first-order valence-electron chi connectivity index (χ1n) is 7.56. The van der Waals surface area contributed by atoms with Gasteiger partial charge in [0.25, 0.3) is 0 Å². The quantitative estimate of drug-likeness (QED) is 0.786. The average Bonchev–Trinajstić information content (AvgIpc) is 3.23. The van der Waals surface area contributed by atoms with Gasteiger partial charge in [0.15, 0.2) is 5.65 Å². The molecule has 5 heteroatoms. The molecule has 4 rings (SSSR count). The van der Waals surface area contributed by atoms with Crippen molar-refractivity contribution in [3.63, 3.8) is 0 Å². The summed E-state index contributed by atoms with van der Waals surface area (Å²) in [6.07, 6.45) is 2.66. The molecule has 0 spiro atoms. The molecule has 22 heavy (non-hydrogen) atoms. The highest BCUT2D eigenvalue weighted by atomic mass is 35.5. The number of nitrogens with zero attached hydrogens (tertiary/aromatic N) is 3. The van der Waals surface area contributed by atoms with E-state index in [9.17, 15) is 0 Å². The van der Waals surface area contributed by atoms with Crippen molar-refractivity contribution in [1.82, 2.24) is 14.6 Å². The van der Waals surface area contributed by atoms with Crippen LogP contribution in [0.3, 0.4) is 0 Å². The van der Waals surface area contributed by atoms with Crippen LogP contribution in [0.4, 0.5) is 5.82 Å². The highest BCUT2D eigenvalue weighted by Gasteiger charge is 2.21. The van der Waals surface area contributed by atoms with Crippen LogP contribution in [0.5, 0.6) is 0 Å². The minimum Gasteiger partial charge on any atom is -0.370 e. The predicted molar refractivity (Wildman–Crippen MR) is 89.4 cm³/mol. The molecule has 0 unspecified atom stereocenters. The van der Waals surface area contributed by atoms with Crippen LogP contribution >= 0.6 is 11.6 Å². The van der Waals surface area contributed by atoms with E-state index < -0.39 is 0 Å². The lowest BCUT2D eigenvalue weighted by atomic mass is 10.2. The summed E-state index contributed by atoms with van der Waals surface area (Å²) in [6.45, 7) is 3.02. The number of hydrogen-bond acceptors (Lipinski definition) is 3. The Bertz CT molecular complexity index is 819. The van der Waals surface area contributed by atoms with Gasteiger partial charge in [-0.2, -0.15) is 9.61 Å². The lowest BCUT2D eigenvalue weighted by Gasteiger charge is -2.08. The van der Waals surface area contributed by atoms with Gasteiger partial charge in [0.05, 0.1) is 5.69 Å². The van der Waals surface area contributed by atoms with Gasteiger partial charge in [-0.1, -0.05) is 23.7 Å². The van der Waals surface area contributed by atoms with Crippen LogP contribution in [0.1, 0.15) is 18.5 Å². The van der Waals surface area contributed by atoms with Crippen molar-refractivity contribution >= 4 is 23.1 Å².